The largest absolute Gasteiger partial charge is 0.389 e. The Bertz CT molecular complexity index is 388. The number of aliphatic hydroxyl groups is 1. The second-order valence-electron chi connectivity index (χ2n) is 4.33. The van der Waals surface area contributed by atoms with E-state index in [1.165, 1.54) is 17.3 Å². The van der Waals surface area contributed by atoms with E-state index in [0.29, 0.717) is 10.6 Å². The minimum atomic E-state index is -0.927. The van der Waals surface area contributed by atoms with Crippen molar-refractivity contribution in [1.29, 1.82) is 0 Å². The first-order valence-corrected chi connectivity index (χ1v) is 5.26. The van der Waals surface area contributed by atoms with Gasteiger partial charge in [-0.3, -0.25) is 9.78 Å². The van der Waals surface area contributed by atoms with Gasteiger partial charge in [0.15, 0.2) is 0 Å². The third-order valence-corrected chi connectivity index (χ3v) is 2.27. The lowest BCUT2D eigenvalue weighted by atomic mass is 10.1. The fraction of sp³-hybridized carbons (Fsp3) is 0.455. The topological polar surface area (TPSA) is 53.4 Å². The molecule has 0 aromatic carbocycles. The molecule has 0 saturated carbocycles. The summed E-state index contributed by atoms with van der Waals surface area (Å²) in [6, 6.07) is 1.56. The van der Waals surface area contributed by atoms with Gasteiger partial charge in [0, 0.05) is 26.0 Å². The molecule has 16 heavy (non-hydrogen) atoms. The van der Waals surface area contributed by atoms with Crippen LogP contribution < -0.4 is 0 Å². The number of carbonyl (C=O) groups is 1. The molecular weight excluding hydrogens is 228 g/mol. The van der Waals surface area contributed by atoms with E-state index in [2.05, 4.69) is 4.98 Å². The van der Waals surface area contributed by atoms with Crippen molar-refractivity contribution in [1.82, 2.24) is 9.88 Å². The Balaban J connectivity index is 2.83. The van der Waals surface area contributed by atoms with E-state index in [1.807, 2.05) is 0 Å². The number of hydrogen-bond acceptors (Lipinski definition) is 3. The van der Waals surface area contributed by atoms with Gasteiger partial charge in [-0.15, -0.1) is 0 Å². The zero-order valence-corrected chi connectivity index (χ0v) is 10.3. The lowest BCUT2D eigenvalue weighted by Crippen LogP contribution is -2.39. The van der Waals surface area contributed by atoms with Gasteiger partial charge < -0.3 is 10.0 Å². The summed E-state index contributed by atoms with van der Waals surface area (Å²) in [5.74, 6) is -0.227. The summed E-state index contributed by atoms with van der Waals surface area (Å²) >= 11 is 5.86. The Kier molecular flexibility index (Phi) is 3.88. The summed E-state index contributed by atoms with van der Waals surface area (Å²) in [5.41, 5.74) is -0.535. The van der Waals surface area contributed by atoms with E-state index in [1.54, 1.807) is 27.0 Å². The first-order valence-electron chi connectivity index (χ1n) is 4.88. The Hall–Kier alpha value is -1.13. The SMILES string of the molecule is CN(CC(C)(C)O)C(=O)c1ccncc1Cl. The molecule has 0 atom stereocenters. The zero-order valence-electron chi connectivity index (χ0n) is 9.57. The van der Waals surface area contributed by atoms with Crippen LogP contribution in [0.4, 0.5) is 0 Å². The maximum Gasteiger partial charge on any atom is 0.255 e. The molecule has 0 aliphatic rings. The monoisotopic (exact) mass is 242 g/mol. The lowest BCUT2D eigenvalue weighted by molar-refractivity contribution is 0.0368. The van der Waals surface area contributed by atoms with Crippen molar-refractivity contribution in [3.63, 3.8) is 0 Å². The molecule has 88 valence electrons. The number of pyridine rings is 1. The summed E-state index contributed by atoms with van der Waals surface area (Å²) in [6.45, 7) is 3.53. The molecule has 0 bridgehead atoms. The normalized spacial score (nSPS) is 11.3. The summed E-state index contributed by atoms with van der Waals surface area (Å²) in [6.07, 6.45) is 2.93. The number of amides is 1. The highest BCUT2D eigenvalue weighted by Gasteiger charge is 2.21. The number of rotatable bonds is 3. The standard InChI is InChI=1S/C11H15ClN2O2/c1-11(2,16)7-14(3)10(15)8-4-5-13-6-9(8)12/h4-6,16H,7H2,1-3H3. The van der Waals surface area contributed by atoms with Gasteiger partial charge in [-0.25, -0.2) is 0 Å². The minimum Gasteiger partial charge on any atom is -0.389 e. The van der Waals surface area contributed by atoms with Crippen molar-refractivity contribution in [3.8, 4) is 0 Å². The summed E-state index contributed by atoms with van der Waals surface area (Å²) in [4.78, 5) is 17.2. The average Bonchev–Trinajstić information content (AvgIpc) is 2.15. The molecule has 0 unspecified atom stereocenters. The molecule has 1 aromatic heterocycles. The molecule has 1 aromatic rings. The second kappa shape index (κ2) is 4.80. The van der Waals surface area contributed by atoms with Crippen molar-refractivity contribution in [2.24, 2.45) is 0 Å². The first kappa shape index (κ1) is 12.9. The van der Waals surface area contributed by atoms with Crippen molar-refractivity contribution < 1.29 is 9.90 Å². The Morgan fingerprint density at radius 3 is 2.75 bits per heavy atom. The van der Waals surface area contributed by atoms with Gasteiger partial charge in [-0.2, -0.15) is 0 Å². The van der Waals surface area contributed by atoms with Crippen LogP contribution >= 0.6 is 11.6 Å². The number of aromatic nitrogens is 1. The van der Waals surface area contributed by atoms with E-state index in [0.717, 1.165) is 0 Å². The number of carbonyl (C=O) groups excluding carboxylic acids is 1. The summed E-state index contributed by atoms with van der Waals surface area (Å²) in [7, 11) is 1.62. The van der Waals surface area contributed by atoms with Crippen LogP contribution in [0.15, 0.2) is 18.5 Å². The van der Waals surface area contributed by atoms with Crippen LogP contribution in [-0.2, 0) is 0 Å². The predicted molar refractivity (Wildman–Crippen MR) is 62.5 cm³/mol. The van der Waals surface area contributed by atoms with Crippen molar-refractivity contribution >= 4 is 17.5 Å². The summed E-state index contributed by atoms with van der Waals surface area (Å²) in [5, 5.41) is 9.93. The molecule has 0 spiro atoms. The average molecular weight is 243 g/mol. The molecule has 1 rings (SSSR count). The molecule has 0 aliphatic carbocycles. The first-order chi connectivity index (χ1) is 7.31. The molecule has 0 aliphatic heterocycles. The van der Waals surface area contributed by atoms with Crippen LogP contribution in [0.25, 0.3) is 0 Å². The number of nitrogens with zero attached hydrogens (tertiary/aromatic N) is 2. The van der Waals surface area contributed by atoms with Crippen LogP contribution in [0.1, 0.15) is 24.2 Å². The van der Waals surface area contributed by atoms with Gasteiger partial charge in [0.05, 0.1) is 16.2 Å². The second-order valence-corrected chi connectivity index (χ2v) is 4.74. The van der Waals surface area contributed by atoms with Crippen molar-refractivity contribution in [3.05, 3.63) is 29.0 Å². The van der Waals surface area contributed by atoms with Gasteiger partial charge in [-0.1, -0.05) is 11.6 Å². The van der Waals surface area contributed by atoms with E-state index in [4.69, 9.17) is 11.6 Å². The molecule has 0 radical (unpaired) electrons. The van der Waals surface area contributed by atoms with Crippen molar-refractivity contribution in [2.75, 3.05) is 13.6 Å². The Morgan fingerprint density at radius 2 is 2.25 bits per heavy atom. The highest BCUT2D eigenvalue weighted by Crippen LogP contribution is 2.16. The van der Waals surface area contributed by atoms with Crippen LogP contribution in [0.5, 0.6) is 0 Å². The number of likely N-dealkylation sites (N-methyl/N-ethyl adjacent to an activating group) is 1. The van der Waals surface area contributed by atoms with Gasteiger partial charge in [0.25, 0.3) is 5.91 Å². The van der Waals surface area contributed by atoms with Gasteiger partial charge >= 0.3 is 0 Å². The molecule has 5 heteroatoms. The molecule has 0 fully saturated rings. The zero-order chi connectivity index (χ0) is 12.3. The molecule has 4 nitrogen and oxygen atoms in total. The maximum atomic E-state index is 11.9. The minimum absolute atomic E-state index is 0.227. The highest BCUT2D eigenvalue weighted by molar-refractivity contribution is 6.33. The third kappa shape index (κ3) is 3.47. The number of hydrogen-bond donors (Lipinski definition) is 1. The maximum absolute atomic E-state index is 11.9. The van der Waals surface area contributed by atoms with Gasteiger partial charge in [0.2, 0.25) is 0 Å². The fourth-order valence-corrected chi connectivity index (χ4v) is 1.61. The van der Waals surface area contributed by atoms with Crippen LogP contribution in [0, 0.1) is 0 Å². The smallest absolute Gasteiger partial charge is 0.255 e. The predicted octanol–water partition coefficient (Wildman–Crippen LogP) is 1.58. The fourth-order valence-electron chi connectivity index (χ4n) is 1.41. The highest BCUT2D eigenvalue weighted by atomic mass is 35.5. The lowest BCUT2D eigenvalue weighted by Gasteiger charge is -2.25. The molecular formula is C11H15ClN2O2. The van der Waals surface area contributed by atoms with Crippen LogP contribution in [-0.4, -0.2) is 40.1 Å². The van der Waals surface area contributed by atoms with E-state index in [9.17, 15) is 9.90 Å². The third-order valence-electron chi connectivity index (χ3n) is 1.97. The van der Waals surface area contributed by atoms with E-state index < -0.39 is 5.60 Å². The quantitative estimate of drug-likeness (QED) is 0.876. The van der Waals surface area contributed by atoms with Crippen LogP contribution in [0.2, 0.25) is 5.02 Å². The number of halogens is 1. The Morgan fingerprint density at radius 1 is 1.62 bits per heavy atom. The Labute approximate surface area is 99.9 Å². The van der Waals surface area contributed by atoms with E-state index >= 15 is 0 Å². The van der Waals surface area contributed by atoms with Gasteiger partial charge in [0.1, 0.15) is 0 Å². The summed E-state index contributed by atoms with van der Waals surface area (Å²) < 4.78 is 0. The molecule has 1 amide bonds. The van der Waals surface area contributed by atoms with Crippen molar-refractivity contribution in [2.45, 2.75) is 19.4 Å². The molecule has 1 N–H and O–H groups in total. The van der Waals surface area contributed by atoms with Crippen LogP contribution in [0.3, 0.4) is 0 Å². The van der Waals surface area contributed by atoms with Gasteiger partial charge in [-0.05, 0) is 19.9 Å². The molecule has 0 saturated heterocycles. The molecule has 1 heterocycles. The van der Waals surface area contributed by atoms with E-state index in [-0.39, 0.29) is 12.5 Å².